The first-order valence-corrected chi connectivity index (χ1v) is 9.00. The van der Waals surface area contributed by atoms with E-state index in [0.717, 1.165) is 48.9 Å². The Bertz CT molecular complexity index is 711. The lowest BCUT2D eigenvalue weighted by atomic mass is 10.0. The number of fused-ring (bicyclic) bond motifs is 1. The van der Waals surface area contributed by atoms with Crippen molar-refractivity contribution in [2.45, 2.75) is 38.3 Å². The number of nitrogens with zero attached hydrogens (tertiary/aromatic N) is 2. The number of aliphatic hydroxyl groups is 1. The molecule has 2 amide bonds. The summed E-state index contributed by atoms with van der Waals surface area (Å²) in [5.74, 6) is 0. The zero-order valence-electron chi connectivity index (χ0n) is 14.8. The third-order valence-electron chi connectivity index (χ3n) is 4.92. The van der Waals surface area contributed by atoms with Crippen LogP contribution in [0.1, 0.15) is 25.7 Å². The van der Waals surface area contributed by atoms with Gasteiger partial charge in [0.2, 0.25) is 0 Å². The van der Waals surface area contributed by atoms with E-state index >= 15 is 0 Å². The van der Waals surface area contributed by atoms with Crippen LogP contribution in [0.15, 0.2) is 30.5 Å². The van der Waals surface area contributed by atoms with Crippen LogP contribution >= 0.6 is 0 Å². The van der Waals surface area contributed by atoms with E-state index in [4.69, 9.17) is 4.74 Å². The summed E-state index contributed by atoms with van der Waals surface area (Å²) in [6.45, 7) is 2.23. The smallest absolute Gasteiger partial charge is 0.322 e. The Morgan fingerprint density at radius 3 is 3.00 bits per heavy atom. The van der Waals surface area contributed by atoms with E-state index in [-0.39, 0.29) is 18.7 Å². The maximum atomic E-state index is 12.8. The van der Waals surface area contributed by atoms with Gasteiger partial charge in [-0.15, -0.1) is 0 Å². The summed E-state index contributed by atoms with van der Waals surface area (Å²) in [7, 11) is 1.69. The van der Waals surface area contributed by atoms with Gasteiger partial charge in [-0.3, -0.25) is 0 Å². The molecule has 1 atom stereocenters. The van der Waals surface area contributed by atoms with Gasteiger partial charge in [0.25, 0.3) is 0 Å². The molecular formula is C19H27N3O3. The lowest BCUT2D eigenvalue weighted by Crippen LogP contribution is -2.46. The van der Waals surface area contributed by atoms with Gasteiger partial charge in [-0.25, -0.2) is 4.79 Å². The van der Waals surface area contributed by atoms with Crippen LogP contribution in [0.2, 0.25) is 0 Å². The topological polar surface area (TPSA) is 66.7 Å². The third kappa shape index (κ3) is 3.96. The Balaban J connectivity index is 1.80. The second kappa shape index (κ2) is 8.36. The maximum absolute atomic E-state index is 12.8. The summed E-state index contributed by atoms with van der Waals surface area (Å²) >= 11 is 0. The van der Waals surface area contributed by atoms with Crippen LogP contribution in [0.3, 0.4) is 0 Å². The summed E-state index contributed by atoms with van der Waals surface area (Å²) in [5.41, 5.74) is 1.91. The number of nitrogens with one attached hydrogen (secondary N) is 1. The van der Waals surface area contributed by atoms with Crippen molar-refractivity contribution in [2.75, 3.05) is 32.2 Å². The summed E-state index contributed by atoms with van der Waals surface area (Å²) in [5, 5.41) is 13.4. The van der Waals surface area contributed by atoms with Gasteiger partial charge < -0.3 is 24.6 Å². The quantitative estimate of drug-likeness (QED) is 0.845. The van der Waals surface area contributed by atoms with E-state index in [9.17, 15) is 9.90 Å². The number of urea groups is 1. The molecule has 2 N–H and O–H groups in total. The molecule has 2 heterocycles. The molecule has 1 fully saturated rings. The first kappa shape index (κ1) is 17.8. The number of carbonyl (C=O) groups is 1. The lowest BCUT2D eigenvalue weighted by molar-refractivity contribution is 0.141. The molecule has 0 aliphatic carbocycles. The minimum absolute atomic E-state index is 0.0761. The number of piperidine rings is 1. The molecule has 0 spiro atoms. The van der Waals surface area contributed by atoms with Crippen LogP contribution < -0.4 is 5.32 Å². The molecule has 0 bridgehead atoms. The summed E-state index contributed by atoms with van der Waals surface area (Å²) in [4.78, 5) is 14.7. The highest BCUT2D eigenvalue weighted by Gasteiger charge is 2.26. The molecule has 1 saturated heterocycles. The number of rotatable bonds is 6. The van der Waals surface area contributed by atoms with Crippen LogP contribution in [0.5, 0.6) is 0 Å². The van der Waals surface area contributed by atoms with Crippen LogP contribution in [0.4, 0.5) is 10.5 Å². The molecule has 2 aromatic rings. The molecule has 6 heteroatoms. The predicted octanol–water partition coefficient (Wildman–Crippen LogP) is 3.06. The van der Waals surface area contributed by atoms with E-state index in [0.29, 0.717) is 13.0 Å². The molecular weight excluding hydrogens is 318 g/mol. The van der Waals surface area contributed by atoms with Crippen LogP contribution in [-0.4, -0.2) is 53.5 Å². The highest BCUT2D eigenvalue weighted by Crippen LogP contribution is 2.27. The van der Waals surface area contributed by atoms with Crippen LogP contribution in [0, 0.1) is 0 Å². The average molecular weight is 345 g/mol. The van der Waals surface area contributed by atoms with Crippen molar-refractivity contribution < 1.29 is 14.6 Å². The fourth-order valence-electron chi connectivity index (χ4n) is 3.63. The summed E-state index contributed by atoms with van der Waals surface area (Å²) in [6, 6.07) is 8.10. The van der Waals surface area contributed by atoms with E-state index in [1.54, 1.807) is 7.11 Å². The SMILES string of the molecule is COCCn1cc(NC(=O)N2CCCCC2CCO)c2ccccc21. The lowest BCUT2D eigenvalue weighted by Gasteiger charge is -2.35. The Kier molecular flexibility index (Phi) is 5.94. The monoisotopic (exact) mass is 345 g/mol. The number of likely N-dealkylation sites (tertiary alicyclic amines) is 1. The molecule has 1 unspecified atom stereocenters. The van der Waals surface area contributed by atoms with Crippen molar-refractivity contribution in [1.82, 2.24) is 9.47 Å². The number of anilines is 1. The highest BCUT2D eigenvalue weighted by molar-refractivity contribution is 6.01. The zero-order valence-corrected chi connectivity index (χ0v) is 14.8. The Morgan fingerprint density at radius 2 is 2.20 bits per heavy atom. The minimum Gasteiger partial charge on any atom is -0.396 e. The van der Waals surface area contributed by atoms with Crippen molar-refractivity contribution in [3.05, 3.63) is 30.5 Å². The Labute approximate surface area is 148 Å². The number of aromatic nitrogens is 1. The number of methoxy groups -OCH3 is 1. The fraction of sp³-hybridized carbons (Fsp3) is 0.526. The number of ether oxygens (including phenoxy) is 1. The van der Waals surface area contributed by atoms with Crippen molar-refractivity contribution in [2.24, 2.45) is 0 Å². The number of aliphatic hydroxyl groups excluding tert-OH is 1. The van der Waals surface area contributed by atoms with Crippen molar-refractivity contribution in [1.29, 1.82) is 0 Å². The molecule has 25 heavy (non-hydrogen) atoms. The van der Waals surface area contributed by atoms with E-state index in [2.05, 4.69) is 16.0 Å². The molecule has 6 nitrogen and oxygen atoms in total. The van der Waals surface area contributed by atoms with E-state index < -0.39 is 0 Å². The predicted molar refractivity (Wildman–Crippen MR) is 98.9 cm³/mol. The number of benzene rings is 1. The van der Waals surface area contributed by atoms with E-state index in [1.807, 2.05) is 29.3 Å². The van der Waals surface area contributed by atoms with Gasteiger partial charge in [0.15, 0.2) is 0 Å². The maximum Gasteiger partial charge on any atom is 0.322 e. The summed E-state index contributed by atoms with van der Waals surface area (Å²) < 4.78 is 7.29. The Morgan fingerprint density at radius 1 is 1.36 bits per heavy atom. The number of para-hydroxylation sites is 1. The molecule has 136 valence electrons. The molecule has 0 saturated carbocycles. The van der Waals surface area contributed by atoms with Crippen LogP contribution in [-0.2, 0) is 11.3 Å². The zero-order chi connectivity index (χ0) is 17.6. The van der Waals surface area contributed by atoms with Crippen molar-refractivity contribution in [3.63, 3.8) is 0 Å². The largest absolute Gasteiger partial charge is 0.396 e. The number of hydrogen-bond acceptors (Lipinski definition) is 3. The second-order valence-electron chi connectivity index (χ2n) is 6.53. The van der Waals surface area contributed by atoms with Gasteiger partial charge in [0, 0.05) is 44.4 Å². The fourth-order valence-corrected chi connectivity index (χ4v) is 3.63. The molecule has 1 aliphatic rings. The minimum atomic E-state index is -0.0761. The van der Waals surface area contributed by atoms with Gasteiger partial charge >= 0.3 is 6.03 Å². The van der Waals surface area contributed by atoms with Gasteiger partial charge in [-0.2, -0.15) is 0 Å². The first-order valence-electron chi connectivity index (χ1n) is 9.00. The van der Waals surface area contributed by atoms with Crippen molar-refractivity contribution in [3.8, 4) is 0 Å². The van der Waals surface area contributed by atoms with Gasteiger partial charge in [-0.05, 0) is 31.7 Å². The Hall–Kier alpha value is -2.05. The molecule has 1 aromatic heterocycles. The van der Waals surface area contributed by atoms with Gasteiger partial charge in [0.05, 0.1) is 17.8 Å². The number of carbonyl (C=O) groups excluding carboxylic acids is 1. The highest BCUT2D eigenvalue weighted by atomic mass is 16.5. The normalized spacial score (nSPS) is 17.8. The number of amides is 2. The average Bonchev–Trinajstić information content (AvgIpc) is 2.98. The van der Waals surface area contributed by atoms with E-state index in [1.165, 1.54) is 0 Å². The standard InChI is InChI=1S/C19H27N3O3/c1-25-13-11-21-14-17(16-7-2-3-8-18(16)21)20-19(24)22-10-5-4-6-15(22)9-12-23/h2-3,7-8,14-15,23H,4-6,9-13H2,1H3,(H,20,24). The van der Waals surface area contributed by atoms with Crippen LogP contribution in [0.25, 0.3) is 10.9 Å². The first-order chi connectivity index (χ1) is 12.2. The molecule has 3 rings (SSSR count). The van der Waals surface area contributed by atoms with Gasteiger partial charge in [-0.1, -0.05) is 18.2 Å². The molecule has 0 radical (unpaired) electrons. The van der Waals surface area contributed by atoms with Gasteiger partial charge in [0.1, 0.15) is 0 Å². The second-order valence-corrected chi connectivity index (χ2v) is 6.53. The van der Waals surface area contributed by atoms with Crippen molar-refractivity contribution >= 4 is 22.6 Å². The third-order valence-corrected chi connectivity index (χ3v) is 4.92. The summed E-state index contributed by atoms with van der Waals surface area (Å²) in [6.07, 6.45) is 5.72. The molecule has 1 aliphatic heterocycles. The number of hydrogen-bond donors (Lipinski definition) is 2. The molecule has 1 aromatic carbocycles.